The molecule has 0 unspecified atom stereocenters. The highest BCUT2D eigenvalue weighted by molar-refractivity contribution is 6.15. The summed E-state index contributed by atoms with van der Waals surface area (Å²) in [4.78, 5) is 22.0. The predicted molar refractivity (Wildman–Crippen MR) is 40.9 cm³/mol. The summed E-state index contributed by atoms with van der Waals surface area (Å²) in [7, 11) is 0. The van der Waals surface area contributed by atoms with Gasteiger partial charge >= 0.3 is 11.9 Å². The fourth-order valence-electron chi connectivity index (χ4n) is 1.33. The van der Waals surface area contributed by atoms with Gasteiger partial charge in [-0.25, -0.2) is 14.0 Å². The van der Waals surface area contributed by atoms with E-state index in [4.69, 9.17) is 0 Å². The van der Waals surface area contributed by atoms with Gasteiger partial charge in [-0.05, 0) is 18.6 Å². The van der Waals surface area contributed by atoms with E-state index in [1.807, 2.05) is 0 Å². The van der Waals surface area contributed by atoms with Gasteiger partial charge in [-0.2, -0.15) is 0 Å². The highest BCUT2D eigenvalue weighted by atomic mass is 19.1. The topological polar surface area (TPSA) is 43.4 Å². The number of ether oxygens (including phenoxy) is 1. The first-order valence-electron chi connectivity index (χ1n) is 3.67. The average molecular weight is 180 g/mol. The zero-order valence-electron chi connectivity index (χ0n) is 6.76. The number of hydrogen-bond donors (Lipinski definition) is 0. The minimum Gasteiger partial charge on any atom is -0.386 e. The van der Waals surface area contributed by atoms with Crippen LogP contribution in [0.3, 0.4) is 0 Å². The van der Waals surface area contributed by atoms with Gasteiger partial charge in [-0.1, -0.05) is 6.07 Å². The molecule has 1 aromatic carbocycles. The Morgan fingerprint density at radius 2 is 1.77 bits per heavy atom. The molecule has 1 aromatic rings. The summed E-state index contributed by atoms with van der Waals surface area (Å²) in [6, 6.07) is 2.59. The number of carbonyl (C=O) groups is 2. The summed E-state index contributed by atoms with van der Waals surface area (Å²) in [5, 5.41) is 0. The van der Waals surface area contributed by atoms with E-state index in [-0.39, 0.29) is 11.1 Å². The number of fused-ring (bicyclic) bond motifs is 1. The highest BCUT2D eigenvalue weighted by Gasteiger charge is 2.34. The Morgan fingerprint density at radius 3 is 2.38 bits per heavy atom. The fraction of sp³-hybridized carbons (Fsp3) is 0.111. The average Bonchev–Trinajstić information content (AvgIpc) is 2.36. The zero-order valence-corrected chi connectivity index (χ0v) is 6.76. The van der Waals surface area contributed by atoms with E-state index in [9.17, 15) is 14.0 Å². The Kier molecular flexibility index (Phi) is 1.45. The van der Waals surface area contributed by atoms with Crippen molar-refractivity contribution < 1.29 is 18.7 Å². The number of hydrogen-bond acceptors (Lipinski definition) is 3. The van der Waals surface area contributed by atoms with Crippen LogP contribution in [0.1, 0.15) is 26.3 Å². The van der Waals surface area contributed by atoms with Crippen LogP contribution in [0, 0.1) is 12.7 Å². The molecule has 4 heteroatoms. The maximum Gasteiger partial charge on any atom is 0.349 e. The van der Waals surface area contributed by atoms with Gasteiger partial charge in [-0.3, -0.25) is 0 Å². The summed E-state index contributed by atoms with van der Waals surface area (Å²) >= 11 is 0. The van der Waals surface area contributed by atoms with E-state index in [0.717, 1.165) is 6.07 Å². The molecule has 1 heterocycles. The molecule has 0 amide bonds. The second-order valence-corrected chi connectivity index (χ2v) is 2.79. The lowest BCUT2D eigenvalue weighted by atomic mass is 10.0. The molecule has 0 aliphatic carbocycles. The molecule has 0 spiro atoms. The van der Waals surface area contributed by atoms with Crippen molar-refractivity contribution in [2.24, 2.45) is 0 Å². The first-order valence-corrected chi connectivity index (χ1v) is 3.67. The van der Waals surface area contributed by atoms with Crippen LogP contribution >= 0.6 is 0 Å². The molecule has 0 radical (unpaired) electrons. The minimum absolute atomic E-state index is 0.0463. The SMILES string of the molecule is Cc1ccc(F)c2c1C(=O)OC2=O. The van der Waals surface area contributed by atoms with Crippen molar-refractivity contribution >= 4 is 11.9 Å². The fourth-order valence-corrected chi connectivity index (χ4v) is 1.33. The lowest BCUT2D eigenvalue weighted by molar-refractivity contribution is 0.0442. The number of halogens is 1. The van der Waals surface area contributed by atoms with E-state index in [2.05, 4.69) is 4.74 Å². The van der Waals surface area contributed by atoms with Crippen LogP contribution in [-0.4, -0.2) is 11.9 Å². The third kappa shape index (κ3) is 0.950. The number of aryl methyl sites for hydroxylation is 1. The third-order valence-electron chi connectivity index (χ3n) is 1.96. The smallest absolute Gasteiger partial charge is 0.349 e. The van der Waals surface area contributed by atoms with Crippen molar-refractivity contribution in [3.63, 3.8) is 0 Å². The van der Waals surface area contributed by atoms with E-state index in [1.54, 1.807) is 6.92 Å². The van der Waals surface area contributed by atoms with Crippen LogP contribution in [-0.2, 0) is 4.74 Å². The molecule has 0 atom stereocenters. The number of benzene rings is 1. The van der Waals surface area contributed by atoms with Crippen LogP contribution in [0.4, 0.5) is 4.39 Å². The molecule has 0 bridgehead atoms. The molecule has 13 heavy (non-hydrogen) atoms. The van der Waals surface area contributed by atoms with Crippen molar-refractivity contribution in [1.82, 2.24) is 0 Å². The van der Waals surface area contributed by atoms with E-state index in [0.29, 0.717) is 5.56 Å². The third-order valence-corrected chi connectivity index (χ3v) is 1.96. The maximum absolute atomic E-state index is 13.0. The van der Waals surface area contributed by atoms with Crippen molar-refractivity contribution in [3.8, 4) is 0 Å². The van der Waals surface area contributed by atoms with E-state index >= 15 is 0 Å². The first-order chi connectivity index (χ1) is 6.11. The van der Waals surface area contributed by atoms with Gasteiger partial charge in [0.1, 0.15) is 11.4 Å². The lowest BCUT2D eigenvalue weighted by Gasteiger charge is -1.97. The molecule has 66 valence electrons. The van der Waals surface area contributed by atoms with Crippen LogP contribution < -0.4 is 0 Å². The number of esters is 2. The van der Waals surface area contributed by atoms with E-state index < -0.39 is 17.8 Å². The van der Waals surface area contributed by atoms with Crippen LogP contribution in [0.25, 0.3) is 0 Å². The van der Waals surface area contributed by atoms with Gasteiger partial charge in [0.05, 0.1) is 5.56 Å². The van der Waals surface area contributed by atoms with Gasteiger partial charge in [-0.15, -0.1) is 0 Å². The molecule has 0 aromatic heterocycles. The van der Waals surface area contributed by atoms with Crippen LogP contribution in [0.15, 0.2) is 12.1 Å². The van der Waals surface area contributed by atoms with Gasteiger partial charge in [0.15, 0.2) is 0 Å². The van der Waals surface area contributed by atoms with Gasteiger partial charge in [0.25, 0.3) is 0 Å². The van der Waals surface area contributed by atoms with Crippen LogP contribution in [0.2, 0.25) is 0 Å². The van der Waals surface area contributed by atoms with Gasteiger partial charge < -0.3 is 4.74 Å². The molecule has 1 aliphatic heterocycles. The van der Waals surface area contributed by atoms with Crippen molar-refractivity contribution in [1.29, 1.82) is 0 Å². The molecule has 0 N–H and O–H groups in total. The Balaban J connectivity index is 2.81. The second kappa shape index (κ2) is 2.39. The standard InChI is InChI=1S/C9H5FO3/c1-4-2-3-5(10)7-6(4)8(11)13-9(7)12/h2-3H,1H3. The van der Waals surface area contributed by atoms with Crippen molar-refractivity contribution in [2.45, 2.75) is 6.92 Å². The Morgan fingerprint density at radius 1 is 1.15 bits per heavy atom. The summed E-state index contributed by atoms with van der Waals surface area (Å²) in [5.41, 5.74) is 0.349. The molecule has 0 saturated carbocycles. The Bertz CT molecular complexity index is 384. The lowest BCUT2D eigenvalue weighted by Crippen LogP contribution is -1.98. The molecule has 3 nitrogen and oxygen atoms in total. The summed E-state index contributed by atoms with van der Waals surface area (Å²) in [5.74, 6) is -2.38. The number of cyclic esters (lactones) is 2. The summed E-state index contributed by atoms with van der Waals surface area (Å²) in [6.07, 6.45) is 0. The maximum atomic E-state index is 13.0. The number of carbonyl (C=O) groups excluding carboxylic acids is 2. The normalized spacial score (nSPS) is 14.3. The molecule has 2 rings (SSSR count). The highest BCUT2D eigenvalue weighted by Crippen LogP contribution is 2.25. The molecule has 0 saturated heterocycles. The Hall–Kier alpha value is -1.71. The second-order valence-electron chi connectivity index (χ2n) is 2.79. The van der Waals surface area contributed by atoms with Crippen molar-refractivity contribution in [3.05, 3.63) is 34.6 Å². The quantitative estimate of drug-likeness (QED) is 0.448. The van der Waals surface area contributed by atoms with Crippen LogP contribution in [0.5, 0.6) is 0 Å². The van der Waals surface area contributed by atoms with Gasteiger partial charge in [0.2, 0.25) is 0 Å². The van der Waals surface area contributed by atoms with Crippen molar-refractivity contribution in [2.75, 3.05) is 0 Å². The molecule has 1 aliphatic rings. The molecule has 0 fully saturated rings. The predicted octanol–water partition coefficient (Wildman–Crippen LogP) is 1.44. The Labute approximate surface area is 73.1 Å². The largest absolute Gasteiger partial charge is 0.386 e. The zero-order chi connectivity index (χ0) is 9.59. The summed E-state index contributed by atoms with van der Waals surface area (Å²) < 4.78 is 17.3. The monoisotopic (exact) mass is 180 g/mol. The molecular formula is C9H5FO3. The van der Waals surface area contributed by atoms with E-state index in [1.165, 1.54) is 6.07 Å². The number of rotatable bonds is 0. The minimum atomic E-state index is -0.902. The van der Waals surface area contributed by atoms with Gasteiger partial charge in [0, 0.05) is 0 Å². The first kappa shape index (κ1) is 7.91. The molecular weight excluding hydrogens is 175 g/mol. The summed E-state index contributed by atoms with van der Waals surface area (Å²) in [6.45, 7) is 1.62.